The van der Waals surface area contributed by atoms with E-state index in [-0.39, 0.29) is 5.82 Å². The summed E-state index contributed by atoms with van der Waals surface area (Å²) in [5.41, 5.74) is 1.12. The summed E-state index contributed by atoms with van der Waals surface area (Å²) < 4.78 is 13.8. The second-order valence-corrected chi connectivity index (χ2v) is 6.50. The Hall–Kier alpha value is -0.0600. The van der Waals surface area contributed by atoms with Crippen molar-refractivity contribution in [1.82, 2.24) is 5.32 Å². The minimum absolute atomic E-state index is 0.190. The van der Waals surface area contributed by atoms with Gasteiger partial charge in [0.05, 0.1) is 0 Å². The molecular weight excluding hydrogens is 301 g/mol. The molecule has 1 aromatic carbocycles. The Morgan fingerprint density at radius 1 is 1.35 bits per heavy atom. The highest BCUT2D eigenvalue weighted by Gasteiger charge is 2.13. The highest BCUT2D eigenvalue weighted by molar-refractivity contribution is 9.10. The molecule has 0 atom stereocenters. The van der Waals surface area contributed by atoms with Gasteiger partial charge in [-0.1, -0.05) is 22.0 Å². The number of nitrogens with one attached hydrogen (secondary N) is 1. The number of hydrogen-bond acceptors (Lipinski definition) is 2. The van der Waals surface area contributed by atoms with Gasteiger partial charge in [0.25, 0.3) is 0 Å². The van der Waals surface area contributed by atoms with Crippen LogP contribution in [0.2, 0.25) is 0 Å². The van der Waals surface area contributed by atoms with Gasteiger partial charge in [-0.25, -0.2) is 4.39 Å². The van der Waals surface area contributed by atoms with E-state index in [9.17, 15) is 4.39 Å². The van der Waals surface area contributed by atoms with Crippen LogP contribution in [0.15, 0.2) is 22.7 Å². The van der Waals surface area contributed by atoms with Crippen LogP contribution in [0.25, 0.3) is 0 Å². The van der Waals surface area contributed by atoms with Crippen molar-refractivity contribution in [2.24, 2.45) is 5.92 Å². The van der Waals surface area contributed by atoms with Crippen molar-refractivity contribution >= 4 is 27.7 Å². The molecular formula is C13H17BrFNS. The van der Waals surface area contributed by atoms with E-state index in [4.69, 9.17) is 0 Å². The molecule has 1 fully saturated rings. The molecule has 0 unspecified atom stereocenters. The Bertz CT molecular complexity index is 366. The molecule has 17 heavy (non-hydrogen) atoms. The number of thioether (sulfide) groups is 1. The highest BCUT2D eigenvalue weighted by atomic mass is 79.9. The molecule has 1 heterocycles. The molecule has 0 radical (unpaired) electrons. The van der Waals surface area contributed by atoms with Gasteiger partial charge in [0.15, 0.2) is 0 Å². The number of rotatable bonds is 4. The molecule has 0 amide bonds. The molecule has 2 rings (SSSR count). The maximum Gasteiger partial charge on any atom is 0.124 e. The van der Waals surface area contributed by atoms with Crippen LogP contribution in [0.5, 0.6) is 0 Å². The van der Waals surface area contributed by atoms with E-state index in [0.29, 0.717) is 0 Å². The zero-order valence-corrected chi connectivity index (χ0v) is 12.1. The normalized spacial score (nSPS) is 17.3. The fourth-order valence-electron chi connectivity index (χ4n) is 2.03. The van der Waals surface area contributed by atoms with Crippen molar-refractivity contribution in [3.8, 4) is 0 Å². The zero-order valence-electron chi connectivity index (χ0n) is 9.72. The molecule has 0 aliphatic carbocycles. The van der Waals surface area contributed by atoms with Crippen LogP contribution in [-0.2, 0) is 6.54 Å². The first-order valence-corrected chi connectivity index (χ1v) is 7.93. The maximum atomic E-state index is 12.9. The molecule has 1 nitrogen and oxygen atoms in total. The van der Waals surface area contributed by atoms with Gasteiger partial charge in [-0.2, -0.15) is 11.8 Å². The molecule has 0 aromatic heterocycles. The van der Waals surface area contributed by atoms with Crippen molar-refractivity contribution in [1.29, 1.82) is 0 Å². The Balaban J connectivity index is 1.77. The fourth-order valence-corrected chi connectivity index (χ4v) is 3.72. The Morgan fingerprint density at radius 2 is 2.12 bits per heavy atom. The lowest BCUT2D eigenvalue weighted by Crippen LogP contribution is -2.25. The minimum atomic E-state index is -0.190. The van der Waals surface area contributed by atoms with Gasteiger partial charge in [0.2, 0.25) is 0 Å². The first kappa shape index (κ1) is 13.4. The SMILES string of the molecule is Fc1ccc(CNCC2CCSCC2)c(Br)c1. The van der Waals surface area contributed by atoms with Gasteiger partial charge in [-0.3, -0.25) is 0 Å². The van der Waals surface area contributed by atoms with Gasteiger partial charge in [-0.05, 0) is 54.5 Å². The van der Waals surface area contributed by atoms with Crippen LogP contribution >= 0.6 is 27.7 Å². The molecule has 94 valence electrons. The first-order valence-electron chi connectivity index (χ1n) is 5.98. The quantitative estimate of drug-likeness (QED) is 0.906. The van der Waals surface area contributed by atoms with E-state index >= 15 is 0 Å². The van der Waals surface area contributed by atoms with Gasteiger partial charge < -0.3 is 5.32 Å². The molecule has 0 spiro atoms. The summed E-state index contributed by atoms with van der Waals surface area (Å²) in [6, 6.07) is 4.87. The Labute approximate surface area is 115 Å². The molecule has 4 heteroatoms. The van der Waals surface area contributed by atoms with Crippen molar-refractivity contribution < 1.29 is 4.39 Å². The predicted molar refractivity (Wildman–Crippen MR) is 75.9 cm³/mol. The molecule has 0 bridgehead atoms. The summed E-state index contributed by atoms with van der Waals surface area (Å²) in [6.07, 6.45) is 2.64. The molecule has 1 aliphatic heterocycles. The summed E-state index contributed by atoms with van der Waals surface area (Å²) in [5, 5.41) is 3.47. The third kappa shape index (κ3) is 4.27. The smallest absolute Gasteiger partial charge is 0.124 e. The molecule has 0 saturated carbocycles. The molecule has 1 aromatic rings. The average Bonchev–Trinajstić information content (AvgIpc) is 2.33. The Morgan fingerprint density at radius 3 is 2.82 bits per heavy atom. The number of hydrogen-bond donors (Lipinski definition) is 1. The molecule has 1 N–H and O–H groups in total. The van der Waals surface area contributed by atoms with Crippen LogP contribution in [0.4, 0.5) is 4.39 Å². The van der Waals surface area contributed by atoms with Gasteiger partial charge in [0, 0.05) is 11.0 Å². The second kappa shape index (κ2) is 6.76. The monoisotopic (exact) mass is 317 g/mol. The average molecular weight is 318 g/mol. The fraction of sp³-hybridized carbons (Fsp3) is 0.538. The third-order valence-electron chi connectivity index (χ3n) is 3.10. The number of halogens is 2. The largest absolute Gasteiger partial charge is 0.312 e. The van der Waals surface area contributed by atoms with E-state index in [1.54, 1.807) is 0 Å². The summed E-state index contributed by atoms with van der Waals surface area (Å²) in [4.78, 5) is 0. The van der Waals surface area contributed by atoms with Crippen LogP contribution < -0.4 is 5.32 Å². The number of benzene rings is 1. The maximum absolute atomic E-state index is 12.9. The lowest BCUT2D eigenvalue weighted by Gasteiger charge is -2.21. The Kier molecular flexibility index (Phi) is 5.32. The van der Waals surface area contributed by atoms with Crippen LogP contribution in [0.3, 0.4) is 0 Å². The predicted octanol–water partition coefficient (Wildman–Crippen LogP) is 3.82. The first-order chi connectivity index (χ1) is 8.25. The molecule has 1 aliphatic rings. The summed E-state index contributed by atoms with van der Waals surface area (Å²) in [7, 11) is 0. The van der Waals surface area contributed by atoms with Crippen molar-refractivity contribution in [3.05, 3.63) is 34.1 Å². The van der Waals surface area contributed by atoms with Gasteiger partial charge in [-0.15, -0.1) is 0 Å². The van der Waals surface area contributed by atoms with E-state index in [2.05, 4.69) is 33.0 Å². The second-order valence-electron chi connectivity index (χ2n) is 4.42. The third-order valence-corrected chi connectivity index (χ3v) is 4.89. The summed E-state index contributed by atoms with van der Waals surface area (Å²) >= 11 is 5.45. The minimum Gasteiger partial charge on any atom is -0.312 e. The van der Waals surface area contributed by atoms with Crippen LogP contribution in [-0.4, -0.2) is 18.1 Å². The van der Waals surface area contributed by atoms with Crippen molar-refractivity contribution in [2.75, 3.05) is 18.1 Å². The molecule has 1 saturated heterocycles. The lowest BCUT2D eigenvalue weighted by molar-refractivity contribution is 0.447. The van der Waals surface area contributed by atoms with Crippen LogP contribution in [0, 0.1) is 11.7 Å². The highest BCUT2D eigenvalue weighted by Crippen LogP contribution is 2.22. The lowest BCUT2D eigenvalue weighted by atomic mass is 10.0. The van der Waals surface area contributed by atoms with Crippen molar-refractivity contribution in [2.45, 2.75) is 19.4 Å². The van der Waals surface area contributed by atoms with E-state index in [0.717, 1.165) is 29.0 Å². The topological polar surface area (TPSA) is 12.0 Å². The van der Waals surface area contributed by atoms with E-state index in [1.807, 2.05) is 6.07 Å². The van der Waals surface area contributed by atoms with Gasteiger partial charge >= 0.3 is 0 Å². The summed E-state index contributed by atoms with van der Waals surface area (Å²) in [6.45, 7) is 1.88. The van der Waals surface area contributed by atoms with Crippen LogP contribution in [0.1, 0.15) is 18.4 Å². The van der Waals surface area contributed by atoms with Crippen molar-refractivity contribution in [3.63, 3.8) is 0 Å². The standard InChI is InChI=1S/C13H17BrFNS/c14-13-7-12(15)2-1-11(13)9-16-8-10-3-5-17-6-4-10/h1-2,7,10,16H,3-6,8-9H2. The van der Waals surface area contributed by atoms with E-state index < -0.39 is 0 Å². The van der Waals surface area contributed by atoms with Gasteiger partial charge in [0.1, 0.15) is 5.82 Å². The summed E-state index contributed by atoms with van der Waals surface area (Å²) in [5.74, 6) is 3.22. The zero-order chi connectivity index (χ0) is 12.1. The van der Waals surface area contributed by atoms with E-state index in [1.165, 1.54) is 36.5 Å².